The molecule has 34 heavy (non-hydrogen) atoms. The fraction of sp³-hybridized carbons (Fsp3) is 0.333. The first kappa shape index (κ1) is 23.2. The highest BCUT2D eigenvalue weighted by Crippen LogP contribution is 2.42. The Labute approximate surface area is 198 Å². The molecule has 178 valence electrons. The highest BCUT2D eigenvalue weighted by Gasteiger charge is 2.32. The maximum Gasteiger partial charge on any atom is 0.217 e. The fourth-order valence-electron chi connectivity index (χ4n) is 3.68. The Morgan fingerprint density at radius 1 is 1.29 bits per heavy atom. The number of nitrogens with zero attached hydrogens (tertiary/aromatic N) is 3. The third-order valence-electron chi connectivity index (χ3n) is 5.23. The number of benzene rings is 1. The zero-order valence-corrected chi connectivity index (χ0v) is 19.4. The molecule has 0 saturated heterocycles. The van der Waals surface area contributed by atoms with E-state index in [1.54, 1.807) is 13.8 Å². The van der Waals surface area contributed by atoms with Crippen LogP contribution in [0.4, 0.5) is 11.4 Å². The number of hydroxylamine groups is 1. The van der Waals surface area contributed by atoms with E-state index in [2.05, 4.69) is 32.8 Å². The number of nitrogens with one attached hydrogen (secondary N) is 2. The van der Waals surface area contributed by atoms with Gasteiger partial charge in [-0.25, -0.2) is 4.98 Å². The average molecular weight is 464 g/mol. The summed E-state index contributed by atoms with van der Waals surface area (Å²) in [5.41, 5.74) is 16.8. The van der Waals surface area contributed by atoms with Crippen LogP contribution in [0.1, 0.15) is 44.6 Å². The van der Waals surface area contributed by atoms with Crippen molar-refractivity contribution in [1.29, 1.82) is 0 Å². The largest absolute Gasteiger partial charge is 0.469 e. The zero-order valence-electron chi connectivity index (χ0n) is 19.4. The van der Waals surface area contributed by atoms with Gasteiger partial charge in [0.2, 0.25) is 5.88 Å². The van der Waals surface area contributed by atoms with Gasteiger partial charge >= 0.3 is 0 Å². The maximum absolute atomic E-state index is 10.2. The van der Waals surface area contributed by atoms with E-state index >= 15 is 0 Å². The summed E-state index contributed by atoms with van der Waals surface area (Å²) in [5, 5.41) is 17.2. The number of fused-ring (bicyclic) bond motifs is 1. The smallest absolute Gasteiger partial charge is 0.217 e. The van der Waals surface area contributed by atoms with Crippen LogP contribution in [0.25, 0.3) is 0 Å². The topological polar surface area (TPSA) is 143 Å². The SMILES string of the molecule is CCN1C(=C2NON=C2N)Nc2c1cc(OC(CCN)c1ccccc1)nc2C#CC(C)(C)O. The number of ether oxygens (including phenoxy) is 1. The van der Waals surface area contributed by atoms with Gasteiger partial charge in [0.1, 0.15) is 23.2 Å². The quantitative estimate of drug-likeness (QED) is 0.406. The van der Waals surface area contributed by atoms with Crippen molar-refractivity contribution in [1.82, 2.24) is 10.5 Å². The Balaban J connectivity index is 1.80. The number of nitrogens with two attached hydrogens (primary N) is 2. The predicted octanol–water partition coefficient (Wildman–Crippen LogP) is 1.90. The van der Waals surface area contributed by atoms with Crippen LogP contribution >= 0.6 is 0 Å². The van der Waals surface area contributed by atoms with Gasteiger partial charge in [-0.05, 0) is 44.0 Å². The zero-order chi connectivity index (χ0) is 24.3. The lowest BCUT2D eigenvalue weighted by Gasteiger charge is -2.21. The summed E-state index contributed by atoms with van der Waals surface area (Å²) in [5.74, 6) is 7.10. The van der Waals surface area contributed by atoms with E-state index < -0.39 is 5.60 Å². The number of hydrogen-bond acceptors (Lipinski definition) is 10. The van der Waals surface area contributed by atoms with E-state index in [0.717, 1.165) is 11.3 Å². The van der Waals surface area contributed by atoms with Crippen molar-refractivity contribution in [2.45, 2.75) is 38.9 Å². The standard InChI is InChI=1S/C24H29N7O3/c1-4-31-17-14-19(33-18(11-13-25)15-8-6-5-7-9-15)27-16(10-12-24(2,3)32)20(17)28-23(31)21-22(26)30-34-29-21/h5-9,14,18,28-29,32H,4,11,13,25H2,1-3H3,(H2,26,30). The molecule has 0 bridgehead atoms. The lowest BCUT2D eigenvalue weighted by Crippen LogP contribution is -2.29. The number of aromatic nitrogens is 1. The summed E-state index contributed by atoms with van der Waals surface area (Å²) in [7, 11) is 0. The highest BCUT2D eigenvalue weighted by atomic mass is 16.8. The van der Waals surface area contributed by atoms with Crippen LogP contribution in [-0.2, 0) is 4.94 Å². The van der Waals surface area contributed by atoms with Crippen molar-refractivity contribution in [2.75, 3.05) is 23.3 Å². The van der Waals surface area contributed by atoms with Gasteiger partial charge in [0.25, 0.3) is 0 Å². The molecule has 0 radical (unpaired) electrons. The molecular weight excluding hydrogens is 434 g/mol. The van der Waals surface area contributed by atoms with Crippen LogP contribution in [0.15, 0.2) is 53.1 Å². The van der Waals surface area contributed by atoms with Crippen LogP contribution in [-0.4, -0.2) is 34.6 Å². The molecule has 2 aromatic rings. The van der Waals surface area contributed by atoms with E-state index in [1.165, 1.54) is 0 Å². The van der Waals surface area contributed by atoms with Gasteiger partial charge in [-0.2, -0.15) is 5.48 Å². The Kier molecular flexibility index (Phi) is 6.49. The molecule has 10 heteroatoms. The first-order valence-electron chi connectivity index (χ1n) is 11.1. The van der Waals surface area contributed by atoms with Crippen LogP contribution in [0, 0.1) is 11.8 Å². The minimum atomic E-state index is -1.19. The molecule has 1 unspecified atom stereocenters. The lowest BCUT2D eigenvalue weighted by atomic mass is 10.1. The first-order valence-corrected chi connectivity index (χ1v) is 11.1. The summed E-state index contributed by atoms with van der Waals surface area (Å²) >= 11 is 0. The summed E-state index contributed by atoms with van der Waals surface area (Å²) in [6, 6.07) is 11.7. The molecule has 2 aliphatic rings. The molecule has 1 aromatic carbocycles. The predicted molar refractivity (Wildman–Crippen MR) is 130 cm³/mol. The third-order valence-corrected chi connectivity index (χ3v) is 5.23. The van der Waals surface area contributed by atoms with E-state index in [0.29, 0.717) is 48.3 Å². The number of hydrogen-bond donors (Lipinski definition) is 5. The molecule has 0 amide bonds. The van der Waals surface area contributed by atoms with Gasteiger partial charge in [-0.15, -0.1) is 0 Å². The van der Waals surface area contributed by atoms with Gasteiger partial charge in [-0.3, -0.25) is 4.94 Å². The van der Waals surface area contributed by atoms with Gasteiger partial charge in [-0.1, -0.05) is 36.3 Å². The lowest BCUT2D eigenvalue weighted by molar-refractivity contribution is 0.0899. The summed E-state index contributed by atoms with van der Waals surface area (Å²) in [4.78, 5) is 11.6. The minimum Gasteiger partial charge on any atom is -0.469 e. The van der Waals surface area contributed by atoms with E-state index in [4.69, 9.17) is 21.1 Å². The highest BCUT2D eigenvalue weighted by molar-refractivity contribution is 6.00. The van der Waals surface area contributed by atoms with Gasteiger partial charge in [0.05, 0.1) is 11.4 Å². The molecule has 1 atom stereocenters. The van der Waals surface area contributed by atoms with E-state index in [1.807, 2.05) is 48.2 Å². The number of pyridine rings is 1. The van der Waals surface area contributed by atoms with Crippen LogP contribution in [0.3, 0.4) is 0 Å². The fourth-order valence-corrected chi connectivity index (χ4v) is 3.68. The summed E-state index contributed by atoms with van der Waals surface area (Å²) in [6.45, 7) is 6.30. The average Bonchev–Trinajstić information content (AvgIpc) is 3.40. The van der Waals surface area contributed by atoms with Crippen LogP contribution in [0.5, 0.6) is 5.88 Å². The van der Waals surface area contributed by atoms with Crippen molar-refractivity contribution >= 4 is 17.2 Å². The maximum atomic E-state index is 10.2. The molecule has 3 heterocycles. The molecule has 0 aliphatic carbocycles. The molecule has 2 aliphatic heterocycles. The van der Waals surface area contributed by atoms with Gasteiger partial charge in [0.15, 0.2) is 11.5 Å². The van der Waals surface area contributed by atoms with Crippen molar-refractivity contribution in [3.05, 3.63) is 59.2 Å². The molecule has 0 spiro atoms. The Morgan fingerprint density at radius 3 is 2.68 bits per heavy atom. The van der Waals surface area contributed by atoms with E-state index in [9.17, 15) is 5.11 Å². The second-order valence-corrected chi connectivity index (χ2v) is 8.37. The first-order chi connectivity index (χ1) is 16.3. The summed E-state index contributed by atoms with van der Waals surface area (Å²) in [6.07, 6.45) is 0.342. The van der Waals surface area contributed by atoms with E-state index in [-0.39, 0.29) is 11.9 Å². The van der Waals surface area contributed by atoms with Crippen molar-refractivity contribution in [2.24, 2.45) is 16.6 Å². The van der Waals surface area contributed by atoms with Crippen molar-refractivity contribution in [3.63, 3.8) is 0 Å². The normalized spacial score (nSPS) is 17.6. The third kappa shape index (κ3) is 4.85. The monoisotopic (exact) mass is 463 g/mol. The van der Waals surface area contributed by atoms with Gasteiger partial charge < -0.3 is 31.5 Å². The number of oxime groups is 1. The number of anilines is 2. The molecule has 0 saturated carbocycles. The summed E-state index contributed by atoms with van der Waals surface area (Å²) < 4.78 is 6.33. The molecule has 7 N–H and O–H groups in total. The Morgan fingerprint density at radius 2 is 2.06 bits per heavy atom. The number of aliphatic hydroxyl groups is 1. The second kappa shape index (κ2) is 9.51. The Hall–Kier alpha value is -3.94. The second-order valence-electron chi connectivity index (χ2n) is 8.37. The number of amidine groups is 1. The van der Waals surface area contributed by atoms with Gasteiger partial charge in [0, 0.05) is 19.0 Å². The molecule has 10 nitrogen and oxygen atoms in total. The molecule has 1 aromatic heterocycles. The number of rotatable bonds is 6. The van der Waals surface area contributed by atoms with Crippen molar-refractivity contribution < 1.29 is 14.8 Å². The molecular formula is C24H29N7O3. The minimum absolute atomic E-state index is 0.217. The van der Waals surface area contributed by atoms with Crippen LogP contribution in [0.2, 0.25) is 0 Å². The Bertz CT molecular complexity index is 1180. The van der Waals surface area contributed by atoms with Crippen molar-refractivity contribution in [3.8, 4) is 17.7 Å². The molecule has 4 rings (SSSR count). The molecule has 0 fully saturated rings. The van der Waals surface area contributed by atoms with Crippen LogP contribution < -0.4 is 31.9 Å².